The summed E-state index contributed by atoms with van der Waals surface area (Å²) in [5.41, 5.74) is -1.97. The van der Waals surface area contributed by atoms with Gasteiger partial charge in [0.1, 0.15) is 5.69 Å². The maximum absolute atomic E-state index is 11.7. The summed E-state index contributed by atoms with van der Waals surface area (Å²) in [4.78, 5) is 39.4. The second-order valence-corrected chi connectivity index (χ2v) is 6.91. The van der Waals surface area contributed by atoms with E-state index in [1.54, 1.807) is 18.2 Å². The van der Waals surface area contributed by atoms with Crippen molar-refractivity contribution in [1.82, 2.24) is 9.97 Å². The second kappa shape index (κ2) is 8.07. The van der Waals surface area contributed by atoms with E-state index in [9.17, 15) is 19.7 Å². The molecule has 27 heavy (non-hydrogen) atoms. The number of H-pyrrole nitrogens is 2. The molecular formula is C18H12ClN3O4S. The molecule has 9 heteroatoms. The zero-order chi connectivity index (χ0) is 19.4. The number of benzene rings is 2. The minimum Gasteiger partial charge on any atom is -0.301 e. The van der Waals surface area contributed by atoms with E-state index in [-0.39, 0.29) is 5.69 Å². The molecule has 0 amide bonds. The van der Waals surface area contributed by atoms with Crippen LogP contribution < -0.4 is 11.2 Å². The Kier molecular flexibility index (Phi) is 5.58. The first-order chi connectivity index (χ1) is 12.9. The van der Waals surface area contributed by atoms with Crippen LogP contribution >= 0.6 is 23.4 Å². The van der Waals surface area contributed by atoms with Crippen molar-refractivity contribution < 1.29 is 4.92 Å². The lowest BCUT2D eigenvalue weighted by Crippen LogP contribution is -2.25. The van der Waals surface area contributed by atoms with Gasteiger partial charge in [0.15, 0.2) is 0 Å². The highest BCUT2D eigenvalue weighted by Crippen LogP contribution is 2.32. The SMILES string of the molecule is O=c1[nH]c(/C=C/c2ccccc2Sc2ccc(Cl)cc2)c([N+](=O)[O-])c(=O)[nH]1. The van der Waals surface area contributed by atoms with Gasteiger partial charge in [-0.3, -0.25) is 19.9 Å². The normalized spacial score (nSPS) is 11.0. The molecule has 1 heterocycles. The molecule has 0 spiro atoms. The van der Waals surface area contributed by atoms with E-state index in [4.69, 9.17) is 11.6 Å². The second-order valence-electron chi connectivity index (χ2n) is 5.35. The summed E-state index contributed by atoms with van der Waals surface area (Å²) < 4.78 is 0. The largest absolute Gasteiger partial charge is 0.357 e. The molecule has 136 valence electrons. The Morgan fingerprint density at radius 3 is 2.41 bits per heavy atom. The zero-order valence-corrected chi connectivity index (χ0v) is 15.2. The van der Waals surface area contributed by atoms with Gasteiger partial charge in [-0.05, 0) is 42.0 Å². The summed E-state index contributed by atoms with van der Waals surface area (Å²) in [6.07, 6.45) is 2.95. The predicted molar refractivity (Wildman–Crippen MR) is 105 cm³/mol. The summed E-state index contributed by atoms with van der Waals surface area (Å²) in [7, 11) is 0. The molecule has 1 aromatic heterocycles. The number of hydrogen-bond donors (Lipinski definition) is 2. The van der Waals surface area contributed by atoms with Crippen molar-refractivity contribution in [2.75, 3.05) is 0 Å². The molecule has 2 aromatic carbocycles. The van der Waals surface area contributed by atoms with Crippen molar-refractivity contribution in [1.29, 1.82) is 0 Å². The third-order valence-electron chi connectivity index (χ3n) is 3.52. The zero-order valence-electron chi connectivity index (χ0n) is 13.6. The minimum absolute atomic E-state index is 0.167. The van der Waals surface area contributed by atoms with Crippen LogP contribution in [0.5, 0.6) is 0 Å². The highest BCUT2D eigenvalue weighted by molar-refractivity contribution is 7.99. The van der Waals surface area contributed by atoms with E-state index in [2.05, 4.69) is 4.98 Å². The number of halogens is 1. The predicted octanol–water partition coefficient (Wildman–Crippen LogP) is 3.95. The van der Waals surface area contributed by atoms with E-state index < -0.39 is 21.9 Å². The van der Waals surface area contributed by atoms with E-state index >= 15 is 0 Å². The van der Waals surface area contributed by atoms with Crippen LogP contribution in [0.1, 0.15) is 11.3 Å². The van der Waals surface area contributed by atoms with Gasteiger partial charge in [0.2, 0.25) is 0 Å². The van der Waals surface area contributed by atoms with Crippen LogP contribution in [-0.4, -0.2) is 14.9 Å². The van der Waals surface area contributed by atoms with Gasteiger partial charge in [-0.2, -0.15) is 0 Å². The molecule has 3 rings (SSSR count). The number of rotatable bonds is 5. The van der Waals surface area contributed by atoms with Crippen LogP contribution in [-0.2, 0) is 0 Å². The van der Waals surface area contributed by atoms with E-state index in [0.717, 1.165) is 15.4 Å². The average molecular weight is 402 g/mol. The molecule has 3 aromatic rings. The van der Waals surface area contributed by atoms with Gasteiger partial charge in [-0.15, -0.1) is 0 Å². The van der Waals surface area contributed by atoms with Gasteiger partial charge in [-0.1, -0.05) is 47.6 Å². The molecule has 0 radical (unpaired) electrons. The number of nitrogens with zero attached hydrogens (tertiary/aromatic N) is 1. The summed E-state index contributed by atoms with van der Waals surface area (Å²) in [5.74, 6) is 0. The van der Waals surface area contributed by atoms with Crippen molar-refractivity contribution >= 4 is 41.2 Å². The maximum Gasteiger partial charge on any atom is 0.357 e. The molecule has 0 atom stereocenters. The third-order valence-corrected chi connectivity index (χ3v) is 4.87. The minimum atomic E-state index is -1.05. The topological polar surface area (TPSA) is 109 Å². The third kappa shape index (κ3) is 4.55. The Morgan fingerprint density at radius 2 is 1.70 bits per heavy atom. The Balaban J connectivity index is 1.97. The first-order valence-corrected chi connectivity index (χ1v) is 8.85. The van der Waals surface area contributed by atoms with Crippen LogP contribution in [0.4, 0.5) is 5.69 Å². The molecule has 7 nitrogen and oxygen atoms in total. The Labute approximate surface area is 161 Å². The molecule has 0 unspecified atom stereocenters. The number of hydrogen-bond acceptors (Lipinski definition) is 5. The molecule has 0 saturated heterocycles. The highest BCUT2D eigenvalue weighted by Gasteiger charge is 2.18. The van der Waals surface area contributed by atoms with Crippen molar-refractivity contribution in [2.24, 2.45) is 0 Å². The lowest BCUT2D eigenvalue weighted by molar-refractivity contribution is -0.386. The fraction of sp³-hybridized carbons (Fsp3) is 0. The Morgan fingerprint density at radius 1 is 1.00 bits per heavy atom. The van der Waals surface area contributed by atoms with E-state index in [1.807, 2.05) is 41.4 Å². The lowest BCUT2D eigenvalue weighted by atomic mass is 10.2. The molecule has 0 fully saturated rings. The fourth-order valence-corrected chi connectivity index (χ4v) is 3.37. The first kappa shape index (κ1) is 18.7. The Hall–Kier alpha value is -3.10. The number of aromatic nitrogens is 2. The average Bonchev–Trinajstić information content (AvgIpc) is 2.62. The monoisotopic (exact) mass is 401 g/mol. The number of aromatic amines is 2. The van der Waals surface area contributed by atoms with Gasteiger partial charge in [0.05, 0.1) is 4.92 Å². The molecule has 2 N–H and O–H groups in total. The van der Waals surface area contributed by atoms with E-state index in [1.165, 1.54) is 17.8 Å². The molecule has 0 aliphatic carbocycles. The quantitative estimate of drug-likeness (QED) is 0.497. The van der Waals surface area contributed by atoms with Gasteiger partial charge in [-0.25, -0.2) is 4.79 Å². The fourth-order valence-electron chi connectivity index (χ4n) is 2.31. The van der Waals surface area contributed by atoms with Crippen LogP contribution in [0.2, 0.25) is 5.02 Å². The van der Waals surface area contributed by atoms with Gasteiger partial charge >= 0.3 is 16.9 Å². The molecule has 0 aliphatic heterocycles. The lowest BCUT2D eigenvalue weighted by Gasteiger charge is -2.06. The van der Waals surface area contributed by atoms with E-state index in [0.29, 0.717) is 5.02 Å². The van der Waals surface area contributed by atoms with Crippen LogP contribution in [0.25, 0.3) is 12.2 Å². The van der Waals surface area contributed by atoms with Crippen LogP contribution in [0.3, 0.4) is 0 Å². The standard InChI is InChI=1S/C18H12ClN3O4S/c19-12-6-8-13(9-7-12)27-15-4-2-1-3-11(15)5-10-14-16(22(25)26)17(23)21-18(24)20-14/h1-10H,(H2,20,21,23,24)/b10-5+. The maximum atomic E-state index is 11.7. The van der Waals surface area contributed by atoms with Crippen LogP contribution in [0, 0.1) is 10.1 Å². The van der Waals surface area contributed by atoms with Crippen LogP contribution in [0.15, 0.2) is 67.9 Å². The number of nitro groups is 1. The van der Waals surface area contributed by atoms with Gasteiger partial charge < -0.3 is 4.98 Å². The first-order valence-electron chi connectivity index (χ1n) is 7.65. The van der Waals surface area contributed by atoms with Gasteiger partial charge in [0, 0.05) is 14.8 Å². The summed E-state index contributed by atoms with van der Waals surface area (Å²) in [5, 5.41) is 11.8. The molecule has 0 saturated carbocycles. The van der Waals surface area contributed by atoms with Crippen molar-refractivity contribution in [3.63, 3.8) is 0 Å². The van der Waals surface area contributed by atoms with Crippen molar-refractivity contribution in [3.05, 3.63) is 95.8 Å². The number of nitrogens with one attached hydrogen (secondary N) is 2. The van der Waals surface area contributed by atoms with Crippen molar-refractivity contribution in [2.45, 2.75) is 9.79 Å². The summed E-state index contributed by atoms with van der Waals surface area (Å²) >= 11 is 7.39. The van der Waals surface area contributed by atoms with Gasteiger partial charge in [0.25, 0.3) is 0 Å². The highest BCUT2D eigenvalue weighted by atomic mass is 35.5. The smallest absolute Gasteiger partial charge is 0.301 e. The molecule has 0 bridgehead atoms. The molecule has 0 aliphatic rings. The summed E-state index contributed by atoms with van der Waals surface area (Å²) in [6.45, 7) is 0. The molecular weight excluding hydrogens is 390 g/mol. The summed E-state index contributed by atoms with van der Waals surface area (Å²) in [6, 6.07) is 14.7. The Bertz CT molecular complexity index is 1140. The van der Waals surface area contributed by atoms with Crippen molar-refractivity contribution in [3.8, 4) is 0 Å².